The summed E-state index contributed by atoms with van der Waals surface area (Å²) in [5.74, 6) is 0. The molecule has 0 heterocycles. The summed E-state index contributed by atoms with van der Waals surface area (Å²) in [5, 5.41) is 13.2. The van der Waals surface area contributed by atoms with Crippen LogP contribution in [0.3, 0.4) is 0 Å². The van der Waals surface area contributed by atoms with Crippen LogP contribution in [0.25, 0.3) is 0 Å². The molecule has 0 atom stereocenters. The molecule has 0 aromatic rings. The molecule has 66 valence electrons. The van der Waals surface area contributed by atoms with Gasteiger partial charge in [0.25, 0.3) is 0 Å². The third-order valence-electron chi connectivity index (χ3n) is 0.865. The van der Waals surface area contributed by atoms with Gasteiger partial charge in [-0.1, -0.05) is 17.3 Å². The molecule has 0 fully saturated rings. The molecule has 5 nitrogen and oxygen atoms in total. The molecule has 0 amide bonds. The molecule has 5 heteroatoms. The van der Waals surface area contributed by atoms with E-state index in [0.29, 0.717) is 0 Å². The SMILES string of the molecule is CON=CC=CC=CC[N+](=O)[O-]. The number of nitrogens with zero attached hydrogens (tertiary/aromatic N) is 2. The Kier molecular flexibility index (Phi) is 6.43. The maximum Gasteiger partial charge on any atom is 0.222 e. The Morgan fingerprint density at radius 3 is 2.83 bits per heavy atom. The van der Waals surface area contributed by atoms with Gasteiger partial charge in [-0.25, -0.2) is 0 Å². The number of nitro groups is 1. The molecule has 12 heavy (non-hydrogen) atoms. The molecule has 0 aromatic heterocycles. The van der Waals surface area contributed by atoms with Crippen molar-refractivity contribution in [3.8, 4) is 0 Å². The molecule has 0 spiro atoms. The molecular formula is C7H10N2O3. The van der Waals surface area contributed by atoms with Crippen molar-refractivity contribution in [3.63, 3.8) is 0 Å². The Balaban J connectivity index is 3.52. The van der Waals surface area contributed by atoms with E-state index in [0.717, 1.165) is 0 Å². The highest BCUT2D eigenvalue weighted by atomic mass is 16.6. The summed E-state index contributed by atoms with van der Waals surface area (Å²) in [6.45, 7) is -0.161. The zero-order valence-corrected chi connectivity index (χ0v) is 6.71. The lowest BCUT2D eigenvalue weighted by molar-refractivity contribution is -0.468. The zero-order valence-electron chi connectivity index (χ0n) is 6.71. The highest BCUT2D eigenvalue weighted by Crippen LogP contribution is 1.77. The van der Waals surface area contributed by atoms with Crippen molar-refractivity contribution in [1.29, 1.82) is 0 Å². The van der Waals surface area contributed by atoms with Gasteiger partial charge in [-0.3, -0.25) is 10.1 Å². The van der Waals surface area contributed by atoms with Gasteiger partial charge in [0.1, 0.15) is 7.11 Å². The van der Waals surface area contributed by atoms with Crippen LogP contribution >= 0.6 is 0 Å². The highest BCUT2D eigenvalue weighted by Gasteiger charge is 1.84. The van der Waals surface area contributed by atoms with E-state index in [2.05, 4.69) is 9.99 Å². The minimum absolute atomic E-state index is 0.161. The third-order valence-corrected chi connectivity index (χ3v) is 0.865. The number of allylic oxidation sites excluding steroid dienone is 3. The fourth-order valence-electron chi connectivity index (χ4n) is 0.435. The second kappa shape index (κ2) is 7.46. The molecule has 0 bridgehead atoms. The number of hydrogen-bond donors (Lipinski definition) is 0. The first-order chi connectivity index (χ1) is 5.77. The van der Waals surface area contributed by atoms with E-state index in [1.54, 1.807) is 18.2 Å². The second-order valence-corrected chi connectivity index (χ2v) is 1.77. The lowest BCUT2D eigenvalue weighted by Gasteiger charge is -1.80. The number of hydrogen-bond acceptors (Lipinski definition) is 4. The average molecular weight is 170 g/mol. The molecule has 0 aliphatic carbocycles. The molecule has 0 aromatic carbocycles. The minimum Gasteiger partial charge on any atom is -0.399 e. The molecule has 0 saturated carbocycles. The van der Waals surface area contributed by atoms with Gasteiger partial charge in [0.2, 0.25) is 6.54 Å². The van der Waals surface area contributed by atoms with Crippen molar-refractivity contribution < 1.29 is 9.76 Å². The van der Waals surface area contributed by atoms with Gasteiger partial charge in [-0.2, -0.15) is 0 Å². The summed E-state index contributed by atoms with van der Waals surface area (Å²) in [7, 11) is 1.44. The summed E-state index contributed by atoms with van der Waals surface area (Å²) >= 11 is 0. The second-order valence-electron chi connectivity index (χ2n) is 1.77. The third kappa shape index (κ3) is 8.35. The highest BCUT2D eigenvalue weighted by molar-refractivity contribution is 5.70. The number of rotatable bonds is 5. The maximum absolute atomic E-state index is 9.82. The molecule has 0 radical (unpaired) electrons. The molecular weight excluding hydrogens is 160 g/mol. The summed E-state index contributed by atoms with van der Waals surface area (Å²) in [6.07, 6.45) is 7.70. The van der Waals surface area contributed by atoms with Crippen molar-refractivity contribution >= 4 is 6.21 Å². The van der Waals surface area contributed by atoms with E-state index >= 15 is 0 Å². The van der Waals surface area contributed by atoms with Crippen molar-refractivity contribution in [2.24, 2.45) is 5.16 Å². The first-order valence-electron chi connectivity index (χ1n) is 3.27. The smallest absolute Gasteiger partial charge is 0.222 e. The van der Waals surface area contributed by atoms with Gasteiger partial charge in [0.05, 0.1) is 6.21 Å². The molecule has 0 N–H and O–H groups in total. The quantitative estimate of drug-likeness (QED) is 0.267. The van der Waals surface area contributed by atoms with Crippen LogP contribution in [0.4, 0.5) is 0 Å². The topological polar surface area (TPSA) is 64.7 Å². The predicted octanol–water partition coefficient (Wildman–Crippen LogP) is 1.01. The van der Waals surface area contributed by atoms with Crippen LogP contribution < -0.4 is 0 Å². The first-order valence-corrected chi connectivity index (χ1v) is 3.27. The van der Waals surface area contributed by atoms with Crippen molar-refractivity contribution in [3.05, 3.63) is 34.4 Å². The van der Waals surface area contributed by atoms with E-state index < -0.39 is 4.92 Å². The predicted molar refractivity (Wildman–Crippen MR) is 45.6 cm³/mol. The Bertz CT molecular complexity index is 209. The summed E-state index contributed by atoms with van der Waals surface area (Å²) < 4.78 is 0. The van der Waals surface area contributed by atoms with E-state index in [1.807, 2.05) is 0 Å². The van der Waals surface area contributed by atoms with Gasteiger partial charge in [0.15, 0.2) is 0 Å². The summed E-state index contributed by atoms with van der Waals surface area (Å²) in [4.78, 5) is 13.8. The van der Waals surface area contributed by atoms with Gasteiger partial charge in [-0.15, -0.1) is 0 Å². The lowest BCUT2D eigenvalue weighted by atomic mass is 10.4. The summed E-state index contributed by atoms with van der Waals surface area (Å²) in [6, 6.07) is 0. The van der Waals surface area contributed by atoms with Gasteiger partial charge >= 0.3 is 0 Å². The first kappa shape index (κ1) is 10.3. The Morgan fingerprint density at radius 1 is 1.50 bits per heavy atom. The van der Waals surface area contributed by atoms with Crippen LogP contribution in [0.15, 0.2) is 29.5 Å². The molecule has 0 aliphatic heterocycles. The lowest BCUT2D eigenvalue weighted by Crippen LogP contribution is -1.95. The Labute approximate surface area is 70.2 Å². The van der Waals surface area contributed by atoms with Crippen molar-refractivity contribution in [1.82, 2.24) is 0 Å². The van der Waals surface area contributed by atoms with Crippen LogP contribution in [0, 0.1) is 10.1 Å². The van der Waals surface area contributed by atoms with Crippen LogP contribution in [-0.2, 0) is 4.84 Å². The molecule has 0 aliphatic rings. The van der Waals surface area contributed by atoms with Crippen molar-refractivity contribution in [2.45, 2.75) is 0 Å². The van der Waals surface area contributed by atoms with Crippen LogP contribution in [-0.4, -0.2) is 24.8 Å². The zero-order chi connectivity index (χ0) is 9.23. The monoisotopic (exact) mass is 170 g/mol. The van der Waals surface area contributed by atoms with E-state index in [4.69, 9.17) is 0 Å². The largest absolute Gasteiger partial charge is 0.399 e. The normalized spacial score (nSPS) is 11.8. The van der Waals surface area contributed by atoms with E-state index in [-0.39, 0.29) is 6.54 Å². The maximum atomic E-state index is 9.82. The van der Waals surface area contributed by atoms with Crippen molar-refractivity contribution in [2.75, 3.05) is 13.7 Å². The summed E-state index contributed by atoms with van der Waals surface area (Å²) in [5.41, 5.74) is 0. The Morgan fingerprint density at radius 2 is 2.25 bits per heavy atom. The van der Waals surface area contributed by atoms with E-state index in [9.17, 15) is 10.1 Å². The Hall–Kier alpha value is -1.65. The molecule has 0 unspecified atom stereocenters. The van der Waals surface area contributed by atoms with Crippen LogP contribution in [0.2, 0.25) is 0 Å². The minimum atomic E-state index is -0.409. The van der Waals surface area contributed by atoms with Crippen LogP contribution in [0.5, 0.6) is 0 Å². The standard InChI is InChI=1S/C7H10N2O3/c1-12-8-6-4-2-3-5-7-9(10)11/h2-6H,7H2,1H3. The van der Waals surface area contributed by atoms with Crippen LogP contribution in [0.1, 0.15) is 0 Å². The van der Waals surface area contributed by atoms with Gasteiger partial charge in [-0.05, 0) is 12.2 Å². The van der Waals surface area contributed by atoms with Gasteiger partial charge < -0.3 is 4.84 Å². The fourth-order valence-corrected chi connectivity index (χ4v) is 0.435. The fraction of sp³-hybridized carbons (Fsp3) is 0.286. The van der Waals surface area contributed by atoms with Gasteiger partial charge in [0, 0.05) is 4.92 Å². The van der Waals surface area contributed by atoms with E-state index in [1.165, 1.54) is 19.4 Å². The molecule has 0 rings (SSSR count). The number of oxime groups is 1. The average Bonchev–Trinajstić information content (AvgIpc) is 2.02. The molecule has 0 saturated heterocycles.